The molecule has 0 saturated carbocycles. The molecule has 1 rings (SSSR count). The monoisotopic (exact) mass is 266 g/mol. The largest absolute Gasteiger partial charge is 0.480 e. The summed E-state index contributed by atoms with van der Waals surface area (Å²) in [5.74, 6) is 5.53. The van der Waals surface area contributed by atoms with Gasteiger partial charge in [-0.15, -0.1) is 0 Å². The van der Waals surface area contributed by atoms with Gasteiger partial charge in [0, 0.05) is 25.3 Å². The van der Waals surface area contributed by atoms with Gasteiger partial charge in [0.1, 0.15) is 6.04 Å². The number of carbonyl (C=O) groups excluding carboxylic acids is 1. The Morgan fingerprint density at radius 1 is 1.61 bits per heavy atom. The number of aromatic nitrogens is 2. The van der Waals surface area contributed by atoms with Crippen LogP contribution < -0.4 is 0 Å². The minimum absolute atomic E-state index is 0.0832. The fourth-order valence-electron chi connectivity index (χ4n) is 1.14. The van der Waals surface area contributed by atoms with Gasteiger partial charge in [-0.2, -0.15) is 5.10 Å². The highest BCUT2D eigenvalue weighted by atomic mass is 32.2. The molecule has 6 heteroatoms. The summed E-state index contributed by atoms with van der Waals surface area (Å²) in [7, 11) is 0. The lowest BCUT2D eigenvalue weighted by molar-refractivity contribution is -0.140. The maximum atomic E-state index is 10.7. The summed E-state index contributed by atoms with van der Waals surface area (Å²) in [5.41, 5.74) is 0.677. The van der Waals surface area contributed by atoms with Crippen molar-refractivity contribution in [3.8, 4) is 11.8 Å². The first-order valence-electron chi connectivity index (χ1n) is 5.40. The Morgan fingerprint density at radius 2 is 2.33 bits per heavy atom. The van der Waals surface area contributed by atoms with Crippen molar-refractivity contribution < 1.29 is 14.7 Å². The molecule has 1 atom stereocenters. The molecule has 0 aliphatic heterocycles. The van der Waals surface area contributed by atoms with Crippen LogP contribution in [-0.4, -0.2) is 31.7 Å². The fraction of sp³-hybridized carbons (Fsp3) is 0.417. The Kier molecular flexibility index (Phi) is 5.46. The summed E-state index contributed by atoms with van der Waals surface area (Å²) >= 11 is 1.24. The van der Waals surface area contributed by atoms with Crippen molar-refractivity contribution in [2.24, 2.45) is 0 Å². The van der Waals surface area contributed by atoms with E-state index in [1.165, 1.54) is 29.6 Å². The maximum Gasteiger partial charge on any atom is 0.328 e. The minimum Gasteiger partial charge on any atom is -0.480 e. The number of aliphatic carboxylic acids is 1. The smallest absolute Gasteiger partial charge is 0.328 e. The Bertz CT molecular complexity index is 499. The second-order valence-corrected chi connectivity index (χ2v) is 4.89. The van der Waals surface area contributed by atoms with Gasteiger partial charge in [-0.25, -0.2) is 4.79 Å². The molecule has 1 aromatic rings. The quantitative estimate of drug-likeness (QED) is 0.661. The van der Waals surface area contributed by atoms with Gasteiger partial charge in [0.15, 0.2) is 5.12 Å². The number of hydrogen-bond donors (Lipinski definition) is 1. The number of carboxylic acid groups (broad SMARTS) is 1. The number of carboxylic acids is 1. The lowest BCUT2D eigenvalue weighted by atomic mass is 10.3. The van der Waals surface area contributed by atoms with Crippen molar-refractivity contribution in [1.29, 1.82) is 0 Å². The minimum atomic E-state index is -0.935. The van der Waals surface area contributed by atoms with Crippen LogP contribution in [0.4, 0.5) is 0 Å². The molecule has 5 nitrogen and oxygen atoms in total. The number of nitrogens with zero attached hydrogens (tertiary/aromatic N) is 2. The molecule has 0 bridgehead atoms. The van der Waals surface area contributed by atoms with E-state index in [9.17, 15) is 9.59 Å². The van der Waals surface area contributed by atoms with Gasteiger partial charge in [-0.1, -0.05) is 23.6 Å². The van der Waals surface area contributed by atoms with E-state index >= 15 is 0 Å². The molecule has 96 valence electrons. The van der Waals surface area contributed by atoms with Crippen molar-refractivity contribution in [2.45, 2.75) is 26.3 Å². The Morgan fingerprint density at radius 3 is 2.94 bits per heavy atom. The maximum absolute atomic E-state index is 10.7. The van der Waals surface area contributed by atoms with Gasteiger partial charge >= 0.3 is 5.97 Å². The second-order valence-electron chi connectivity index (χ2n) is 3.62. The van der Waals surface area contributed by atoms with E-state index in [0.29, 0.717) is 17.7 Å². The van der Waals surface area contributed by atoms with Crippen LogP contribution in [0.5, 0.6) is 0 Å². The van der Waals surface area contributed by atoms with Crippen LogP contribution in [0.3, 0.4) is 0 Å². The SMILES string of the molecule is CC(=O)SCCC#Cc1cnn([C@@H](C)C(=O)O)c1. The van der Waals surface area contributed by atoms with Gasteiger partial charge in [0.05, 0.1) is 11.8 Å². The first kappa shape index (κ1) is 14.3. The highest BCUT2D eigenvalue weighted by Crippen LogP contribution is 2.06. The van der Waals surface area contributed by atoms with Crippen LogP contribution in [0, 0.1) is 11.8 Å². The molecular weight excluding hydrogens is 252 g/mol. The van der Waals surface area contributed by atoms with Gasteiger partial charge < -0.3 is 5.11 Å². The van der Waals surface area contributed by atoms with E-state index < -0.39 is 12.0 Å². The van der Waals surface area contributed by atoms with Crippen molar-refractivity contribution in [3.05, 3.63) is 18.0 Å². The average molecular weight is 266 g/mol. The van der Waals surface area contributed by atoms with Crippen molar-refractivity contribution >= 4 is 22.8 Å². The van der Waals surface area contributed by atoms with Crippen LogP contribution in [0.15, 0.2) is 12.4 Å². The predicted molar refractivity (Wildman–Crippen MR) is 69.2 cm³/mol. The molecule has 1 heterocycles. The summed E-state index contributed by atoms with van der Waals surface area (Å²) < 4.78 is 1.36. The molecule has 18 heavy (non-hydrogen) atoms. The van der Waals surface area contributed by atoms with Crippen LogP contribution in [0.2, 0.25) is 0 Å². The molecule has 0 amide bonds. The molecule has 0 aromatic carbocycles. The number of carbonyl (C=O) groups is 2. The summed E-state index contributed by atoms with van der Waals surface area (Å²) in [6.45, 7) is 3.07. The molecule has 0 unspecified atom stereocenters. The average Bonchev–Trinajstić information content (AvgIpc) is 2.75. The van der Waals surface area contributed by atoms with Crippen molar-refractivity contribution in [2.75, 3.05) is 5.75 Å². The predicted octanol–water partition coefficient (Wildman–Crippen LogP) is 1.55. The van der Waals surface area contributed by atoms with E-state index in [1.807, 2.05) is 0 Å². The molecule has 0 aliphatic rings. The van der Waals surface area contributed by atoms with Crippen LogP contribution in [-0.2, 0) is 9.59 Å². The van der Waals surface area contributed by atoms with Gasteiger partial charge in [0.2, 0.25) is 0 Å². The lowest BCUT2D eigenvalue weighted by Gasteiger charge is -2.04. The van der Waals surface area contributed by atoms with E-state index in [-0.39, 0.29) is 5.12 Å². The molecule has 0 fully saturated rings. The van der Waals surface area contributed by atoms with Crippen molar-refractivity contribution in [3.63, 3.8) is 0 Å². The number of hydrogen-bond acceptors (Lipinski definition) is 4. The molecule has 1 aromatic heterocycles. The lowest BCUT2D eigenvalue weighted by Crippen LogP contribution is -2.15. The summed E-state index contributed by atoms with van der Waals surface area (Å²) in [6.07, 6.45) is 3.75. The standard InChI is InChI=1S/C12H14N2O3S/c1-9(12(16)17)14-8-11(7-13-14)5-3-4-6-18-10(2)15/h7-9H,4,6H2,1-2H3,(H,16,17)/t9-/m0/s1. The van der Waals surface area contributed by atoms with E-state index in [2.05, 4.69) is 16.9 Å². The summed E-state index contributed by atoms with van der Waals surface area (Å²) in [5, 5.41) is 12.8. The molecule has 0 radical (unpaired) electrons. The Hall–Kier alpha value is -1.74. The number of rotatable bonds is 4. The van der Waals surface area contributed by atoms with Crippen molar-refractivity contribution in [1.82, 2.24) is 9.78 Å². The molecule has 0 aliphatic carbocycles. The first-order valence-corrected chi connectivity index (χ1v) is 6.38. The van der Waals surface area contributed by atoms with Gasteiger partial charge in [0.25, 0.3) is 0 Å². The van der Waals surface area contributed by atoms with Gasteiger partial charge in [-0.05, 0) is 6.92 Å². The molecular formula is C12H14N2O3S. The Labute approximate surface area is 110 Å². The zero-order valence-electron chi connectivity index (χ0n) is 10.2. The Balaban J connectivity index is 2.51. The number of thioether (sulfide) groups is 1. The zero-order valence-corrected chi connectivity index (χ0v) is 11.0. The highest BCUT2D eigenvalue weighted by Gasteiger charge is 2.13. The normalized spacial score (nSPS) is 11.4. The van der Waals surface area contributed by atoms with E-state index in [4.69, 9.17) is 5.11 Å². The van der Waals surface area contributed by atoms with Crippen LogP contribution >= 0.6 is 11.8 Å². The second kappa shape index (κ2) is 6.87. The van der Waals surface area contributed by atoms with Gasteiger partial charge in [-0.3, -0.25) is 9.48 Å². The third kappa shape index (κ3) is 4.63. The summed E-state index contributed by atoms with van der Waals surface area (Å²) in [4.78, 5) is 21.4. The van der Waals surface area contributed by atoms with Crippen LogP contribution in [0.1, 0.15) is 31.9 Å². The van der Waals surface area contributed by atoms with Crippen LogP contribution in [0.25, 0.3) is 0 Å². The molecule has 0 spiro atoms. The molecule has 1 N–H and O–H groups in total. The third-order valence-corrected chi connectivity index (χ3v) is 2.94. The molecule has 0 saturated heterocycles. The fourth-order valence-corrected chi connectivity index (χ4v) is 1.63. The van der Waals surface area contributed by atoms with E-state index in [0.717, 1.165) is 0 Å². The van der Waals surface area contributed by atoms with E-state index in [1.54, 1.807) is 13.1 Å². The summed E-state index contributed by atoms with van der Waals surface area (Å²) in [6, 6.07) is -0.700. The zero-order chi connectivity index (χ0) is 13.5. The first-order chi connectivity index (χ1) is 8.50. The topological polar surface area (TPSA) is 72.2 Å². The third-order valence-electron chi connectivity index (χ3n) is 2.12. The highest BCUT2D eigenvalue weighted by molar-refractivity contribution is 8.13.